The van der Waals surface area contributed by atoms with Crippen molar-refractivity contribution in [3.8, 4) is 0 Å². The molecule has 6 heteroatoms. The number of nitrogens with zero attached hydrogens (tertiary/aromatic N) is 1. The smallest absolute Gasteiger partial charge is 0.318 e. The lowest BCUT2D eigenvalue weighted by molar-refractivity contribution is -0.142. The zero-order valence-corrected chi connectivity index (χ0v) is 13.6. The monoisotopic (exact) mass is 312 g/mol. The van der Waals surface area contributed by atoms with Crippen LogP contribution in [0.3, 0.4) is 0 Å². The molecule has 22 heavy (non-hydrogen) atoms. The van der Waals surface area contributed by atoms with Gasteiger partial charge in [0.05, 0.1) is 25.2 Å². The highest BCUT2D eigenvalue weighted by Gasteiger charge is 2.31. The molecule has 1 saturated heterocycles. The number of urea groups is 1. The fraction of sp³-hybridized carbons (Fsp3) is 0.875. The Labute approximate surface area is 132 Å². The number of morpholine rings is 1. The average Bonchev–Trinajstić information content (AvgIpc) is 2.47. The summed E-state index contributed by atoms with van der Waals surface area (Å²) >= 11 is 0. The SMILES string of the molecule is CC(C)CC1COCCN1C(=O)NC1CCC(C(=O)O)CC1. The highest BCUT2D eigenvalue weighted by Crippen LogP contribution is 2.25. The zero-order valence-electron chi connectivity index (χ0n) is 13.6. The van der Waals surface area contributed by atoms with Gasteiger partial charge < -0.3 is 20.1 Å². The number of amides is 2. The molecule has 0 radical (unpaired) electrons. The van der Waals surface area contributed by atoms with Crippen molar-refractivity contribution in [2.45, 2.75) is 58.0 Å². The van der Waals surface area contributed by atoms with E-state index in [4.69, 9.17) is 9.84 Å². The van der Waals surface area contributed by atoms with Crippen molar-refractivity contribution >= 4 is 12.0 Å². The second kappa shape index (κ2) is 7.81. The molecule has 0 aromatic carbocycles. The minimum Gasteiger partial charge on any atom is -0.481 e. The molecular formula is C16H28N2O4. The molecule has 0 spiro atoms. The van der Waals surface area contributed by atoms with Gasteiger partial charge in [-0.15, -0.1) is 0 Å². The first-order valence-electron chi connectivity index (χ1n) is 8.35. The maximum absolute atomic E-state index is 12.5. The topological polar surface area (TPSA) is 78.9 Å². The van der Waals surface area contributed by atoms with E-state index < -0.39 is 5.97 Å². The number of rotatable bonds is 4. The maximum atomic E-state index is 12.5. The summed E-state index contributed by atoms with van der Waals surface area (Å²) in [5, 5.41) is 12.1. The van der Waals surface area contributed by atoms with Crippen LogP contribution >= 0.6 is 0 Å². The van der Waals surface area contributed by atoms with Crippen molar-refractivity contribution in [3.63, 3.8) is 0 Å². The Bertz CT molecular complexity index is 392. The lowest BCUT2D eigenvalue weighted by atomic mass is 9.86. The van der Waals surface area contributed by atoms with Crippen LogP contribution in [-0.2, 0) is 9.53 Å². The predicted molar refractivity (Wildman–Crippen MR) is 82.7 cm³/mol. The minimum atomic E-state index is -0.713. The van der Waals surface area contributed by atoms with Crippen molar-refractivity contribution in [2.75, 3.05) is 19.8 Å². The number of hydrogen-bond donors (Lipinski definition) is 2. The summed E-state index contributed by atoms with van der Waals surface area (Å²) in [6.07, 6.45) is 3.75. The second-order valence-electron chi connectivity index (χ2n) is 6.89. The van der Waals surface area contributed by atoms with Gasteiger partial charge in [-0.2, -0.15) is 0 Å². The van der Waals surface area contributed by atoms with Crippen LogP contribution < -0.4 is 5.32 Å². The molecule has 126 valence electrons. The van der Waals surface area contributed by atoms with Gasteiger partial charge in [0.2, 0.25) is 0 Å². The first kappa shape index (κ1) is 17.1. The highest BCUT2D eigenvalue weighted by molar-refractivity contribution is 5.75. The van der Waals surface area contributed by atoms with E-state index in [2.05, 4.69) is 19.2 Å². The van der Waals surface area contributed by atoms with Crippen molar-refractivity contribution in [3.05, 3.63) is 0 Å². The van der Waals surface area contributed by atoms with Gasteiger partial charge >= 0.3 is 12.0 Å². The summed E-state index contributed by atoms with van der Waals surface area (Å²) in [4.78, 5) is 25.4. The average molecular weight is 312 g/mol. The molecule has 2 fully saturated rings. The van der Waals surface area contributed by atoms with Crippen LogP contribution in [0.1, 0.15) is 46.0 Å². The Morgan fingerprint density at radius 1 is 1.27 bits per heavy atom. The number of ether oxygens (including phenoxy) is 1. The summed E-state index contributed by atoms with van der Waals surface area (Å²) in [6.45, 7) is 6.13. The fourth-order valence-corrected chi connectivity index (χ4v) is 3.40. The van der Waals surface area contributed by atoms with Gasteiger partial charge in [0.15, 0.2) is 0 Å². The van der Waals surface area contributed by atoms with E-state index in [9.17, 15) is 9.59 Å². The first-order chi connectivity index (χ1) is 10.5. The van der Waals surface area contributed by atoms with Gasteiger partial charge in [0, 0.05) is 12.6 Å². The molecular weight excluding hydrogens is 284 g/mol. The maximum Gasteiger partial charge on any atom is 0.318 e. The Morgan fingerprint density at radius 3 is 2.55 bits per heavy atom. The van der Waals surface area contributed by atoms with E-state index >= 15 is 0 Å². The molecule has 0 aromatic heterocycles. The molecule has 6 nitrogen and oxygen atoms in total. The van der Waals surface area contributed by atoms with E-state index in [1.807, 2.05) is 4.90 Å². The van der Waals surface area contributed by atoms with Gasteiger partial charge in [0.25, 0.3) is 0 Å². The number of carboxylic acid groups (broad SMARTS) is 1. The summed E-state index contributed by atoms with van der Waals surface area (Å²) < 4.78 is 5.51. The van der Waals surface area contributed by atoms with E-state index in [0.29, 0.717) is 38.5 Å². The summed E-state index contributed by atoms with van der Waals surface area (Å²) in [7, 11) is 0. The number of carbonyl (C=O) groups excluding carboxylic acids is 1. The Kier molecular flexibility index (Phi) is 6.06. The molecule has 2 rings (SSSR count). The standard InChI is InChI=1S/C16H28N2O4/c1-11(2)9-14-10-22-8-7-18(14)16(21)17-13-5-3-12(4-6-13)15(19)20/h11-14H,3-10H2,1-2H3,(H,17,21)(H,19,20). The van der Waals surface area contributed by atoms with Gasteiger partial charge in [-0.25, -0.2) is 4.79 Å². The number of hydrogen-bond acceptors (Lipinski definition) is 3. The summed E-state index contributed by atoms with van der Waals surface area (Å²) in [5.41, 5.74) is 0. The van der Waals surface area contributed by atoms with E-state index in [-0.39, 0.29) is 24.0 Å². The van der Waals surface area contributed by atoms with Gasteiger partial charge in [-0.3, -0.25) is 4.79 Å². The van der Waals surface area contributed by atoms with Crippen LogP contribution in [0.25, 0.3) is 0 Å². The largest absolute Gasteiger partial charge is 0.481 e. The van der Waals surface area contributed by atoms with Crippen LogP contribution in [0, 0.1) is 11.8 Å². The van der Waals surface area contributed by atoms with Gasteiger partial charge in [0.1, 0.15) is 0 Å². The zero-order chi connectivity index (χ0) is 16.1. The van der Waals surface area contributed by atoms with E-state index in [1.165, 1.54) is 0 Å². The van der Waals surface area contributed by atoms with Crippen LogP contribution in [0.15, 0.2) is 0 Å². The second-order valence-corrected chi connectivity index (χ2v) is 6.89. The normalized spacial score (nSPS) is 29.4. The molecule has 2 N–H and O–H groups in total. The van der Waals surface area contributed by atoms with Crippen LogP contribution in [-0.4, -0.2) is 53.8 Å². The molecule has 0 aromatic rings. The number of aliphatic carboxylic acids is 1. The third-order valence-electron chi connectivity index (χ3n) is 4.64. The molecule has 1 heterocycles. The number of carboxylic acids is 1. The highest BCUT2D eigenvalue weighted by atomic mass is 16.5. The Morgan fingerprint density at radius 2 is 1.95 bits per heavy atom. The molecule has 1 unspecified atom stereocenters. The number of carbonyl (C=O) groups is 2. The van der Waals surface area contributed by atoms with Gasteiger partial charge in [-0.1, -0.05) is 13.8 Å². The lowest BCUT2D eigenvalue weighted by Crippen LogP contribution is -2.55. The van der Waals surface area contributed by atoms with E-state index in [0.717, 1.165) is 19.3 Å². The number of nitrogens with one attached hydrogen (secondary N) is 1. The molecule has 2 aliphatic rings. The summed E-state index contributed by atoms with van der Waals surface area (Å²) in [6, 6.07) is 0.225. The molecule has 1 aliphatic heterocycles. The van der Waals surface area contributed by atoms with E-state index in [1.54, 1.807) is 0 Å². The third-order valence-corrected chi connectivity index (χ3v) is 4.64. The predicted octanol–water partition coefficient (Wildman–Crippen LogP) is 2.09. The Balaban J connectivity index is 1.84. The lowest BCUT2D eigenvalue weighted by Gasteiger charge is -2.38. The third kappa shape index (κ3) is 4.60. The Hall–Kier alpha value is -1.30. The summed E-state index contributed by atoms with van der Waals surface area (Å²) in [5.74, 6) is -0.437. The van der Waals surface area contributed by atoms with Crippen molar-refractivity contribution in [1.82, 2.24) is 10.2 Å². The minimum absolute atomic E-state index is 0.0206. The molecule has 0 bridgehead atoms. The van der Waals surface area contributed by atoms with Crippen molar-refractivity contribution in [2.24, 2.45) is 11.8 Å². The van der Waals surface area contributed by atoms with Gasteiger partial charge in [-0.05, 0) is 38.0 Å². The van der Waals surface area contributed by atoms with Crippen LogP contribution in [0.2, 0.25) is 0 Å². The van der Waals surface area contributed by atoms with Crippen molar-refractivity contribution in [1.29, 1.82) is 0 Å². The van der Waals surface area contributed by atoms with Crippen LogP contribution in [0.5, 0.6) is 0 Å². The van der Waals surface area contributed by atoms with Crippen LogP contribution in [0.4, 0.5) is 4.79 Å². The molecule has 2 amide bonds. The first-order valence-corrected chi connectivity index (χ1v) is 8.35. The molecule has 1 atom stereocenters. The molecule has 1 aliphatic carbocycles. The fourth-order valence-electron chi connectivity index (χ4n) is 3.40. The van der Waals surface area contributed by atoms with Crippen molar-refractivity contribution < 1.29 is 19.4 Å². The quantitative estimate of drug-likeness (QED) is 0.833. The molecule has 1 saturated carbocycles.